The van der Waals surface area contributed by atoms with Crippen LogP contribution in [0.25, 0.3) is 11.1 Å². The van der Waals surface area contributed by atoms with Crippen molar-refractivity contribution in [2.75, 3.05) is 19.0 Å². The maximum atomic E-state index is 12.5. The van der Waals surface area contributed by atoms with E-state index in [-0.39, 0.29) is 18.4 Å². The summed E-state index contributed by atoms with van der Waals surface area (Å²) >= 11 is 4.80. The molecule has 0 bridgehead atoms. The van der Waals surface area contributed by atoms with Crippen molar-refractivity contribution in [2.45, 2.75) is 13.8 Å². The number of anilines is 1. The predicted octanol–water partition coefficient (Wildman–Crippen LogP) is 5.17. The molecule has 0 atom stereocenters. The molecule has 0 radical (unpaired) electrons. The largest absolute Gasteiger partial charge is 0.497 e. The van der Waals surface area contributed by atoms with Crippen LogP contribution in [0, 0.1) is 13.8 Å². The van der Waals surface area contributed by atoms with E-state index in [9.17, 15) is 9.59 Å². The van der Waals surface area contributed by atoms with E-state index in [4.69, 9.17) is 4.74 Å². The molecule has 3 rings (SSSR count). The zero-order valence-electron chi connectivity index (χ0n) is 16.3. The minimum absolute atomic E-state index is 0.0941. The molecule has 2 amide bonds. The van der Waals surface area contributed by atoms with Crippen LogP contribution in [0.2, 0.25) is 0 Å². The van der Waals surface area contributed by atoms with Crippen molar-refractivity contribution in [2.24, 2.45) is 0 Å². The van der Waals surface area contributed by atoms with Crippen molar-refractivity contribution in [3.63, 3.8) is 0 Å². The van der Waals surface area contributed by atoms with Gasteiger partial charge in [0.05, 0.1) is 18.5 Å². The maximum absolute atomic E-state index is 12.5. The third-order valence-electron chi connectivity index (χ3n) is 4.41. The molecule has 0 saturated carbocycles. The number of nitrogens with one attached hydrogen (secondary N) is 2. The topological polar surface area (TPSA) is 67.4 Å². The van der Waals surface area contributed by atoms with E-state index in [1.165, 1.54) is 11.3 Å². The fraction of sp³-hybridized carbons (Fsp3) is 0.182. The number of methoxy groups -OCH3 is 1. The molecule has 5 nitrogen and oxygen atoms in total. The van der Waals surface area contributed by atoms with Crippen LogP contribution < -0.4 is 15.4 Å². The molecule has 0 aliphatic carbocycles. The SMILES string of the molecule is COc1ccc(-c2cc(C(=O)NCC(=O)Nc3ccc(Br)cc3C)sc2C)cc1. The van der Waals surface area contributed by atoms with Crippen LogP contribution in [0.4, 0.5) is 5.69 Å². The summed E-state index contributed by atoms with van der Waals surface area (Å²) in [6, 6.07) is 15.2. The van der Waals surface area contributed by atoms with Crippen LogP contribution in [-0.4, -0.2) is 25.5 Å². The second kappa shape index (κ2) is 9.24. The first-order valence-corrected chi connectivity index (χ1v) is 10.6. The average Bonchev–Trinajstić information content (AvgIpc) is 3.10. The van der Waals surface area contributed by atoms with Crippen molar-refractivity contribution in [1.82, 2.24) is 5.32 Å². The molecule has 1 heterocycles. The highest BCUT2D eigenvalue weighted by Gasteiger charge is 2.15. The first-order valence-electron chi connectivity index (χ1n) is 8.96. The van der Waals surface area contributed by atoms with Gasteiger partial charge in [0.1, 0.15) is 5.75 Å². The minimum Gasteiger partial charge on any atom is -0.497 e. The molecule has 0 aliphatic rings. The standard InChI is InChI=1S/C22H21BrN2O3S/c1-13-10-16(23)6-9-19(13)25-21(26)12-24-22(27)20-11-18(14(2)29-20)15-4-7-17(28-3)8-5-15/h4-11H,12H2,1-3H3,(H,24,27)(H,25,26). The Balaban J connectivity index is 1.62. The van der Waals surface area contributed by atoms with Crippen molar-refractivity contribution in [3.05, 3.63) is 68.3 Å². The average molecular weight is 473 g/mol. The normalized spacial score (nSPS) is 10.5. The molecular weight excluding hydrogens is 452 g/mol. The Morgan fingerprint density at radius 2 is 1.79 bits per heavy atom. The van der Waals surface area contributed by atoms with Gasteiger partial charge in [0.15, 0.2) is 0 Å². The summed E-state index contributed by atoms with van der Waals surface area (Å²) in [5.74, 6) is 0.250. The van der Waals surface area contributed by atoms with Gasteiger partial charge in [-0.25, -0.2) is 0 Å². The van der Waals surface area contributed by atoms with Crippen molar-refractivity contribution < 1.29 is 14.3 Å². The van der Waals surface area contributed by atoms with Crippen molar-refractivity contribution in [3.8, 4) is 16.9 Å². The molecule has 0 fully saturated rings. The van der Waals surface area contributed by atoms with Gasteiger partial charge >= 0.3 is 0 Å². The Bertz CT molecular complexity index is 1040. The van der Waals surface area contributed by atoms with Gasteiger partial charge in [-0.15, -0.1) is 11.3 Å². The van der Waals surface area contributed by atoms with E-state index in [2.05, 4.69) is 26.6 Å². The first kappa shape index (κ1) is 21.1. The quantitative estimate of drug-likeness (QED) is 0.519. The summed E-state index contributed by atoms with van der Waals surface area (Å²) in [7, 11) is 1.63. The Kier molecular flexibility index (Phi) is 6.71. The van der Waals surface area contributed by atoms with E-state index >= 15 is 0 Å². The van der Waals surface area contributed by atoms with Gasteiger partial charge in [0.25, 0.3) is 5.91 Å². The lowest BCUT2D eigenvalue weighted by molar-refractivity contribution is -0.115. The number of carbonyl (C=O) groups is 2. The molecule has 150 valence electrons. The maximum Gasteiger partial charge on any atom is 0.261 e. The number of benzene rings is 2. The van der Waals surface area contributed by atoms with E-state index in [0.29, 0.717) is 4.88 Å². The van der Waals surface area contributed by atoms with Gasteiger partial charge in [0.2, 0.25) is 5.91 Å². The number of hydrogen-bond acceptors (Lipinski definition) is 4. The van der Waals surface area contributed by atoms with Gasteiger partial charge in [-0.3, -0.25) is 9.59 Å². The predicted molar refractivity (Wildman–Crippen MR) is 121 cm³/mol. The van der Waals surface area contributed by atoms with E-state index in [1.54, 1.807) is 7.11 Å². The summed E-state index contributed by atoms with van der Waals surface area (Å²) in [6.45, 7) is 3.79. The number of rotatable bonds is 6. The number of carbonyl (C=O) groups excluding carboxylic acids is 2. The fourth-order valence-electron chi connectivity index (χ4n) is 2.86. The second-order valence-electron chi connectivity index (χ2n) is 6.50. The van der Waals surface area contributed by atoms with Crippen LogP contribution in [0.5, 0.6) is 5.75 Å². The molecule has 0 aliphatic heterocycles. The second-order valence-corrected chi connectivity index (χ2v) is 8.67. The summed E-state index contributed by atoms with van der Waals surface area (Å²) in [5, 5.41) is 5.50. The van der Waals surface area contributed by atoms with Crippen LogP contribution in [0.3, 0.4) is 0 Å². The van der Waals surface area contributed by atoms with E-state index in [1.807, 2.05) is 62.4 Å². The molecule has 7 heteroatoms. The lowest BCUT2D eigenvalue weighted by Gasteiger charge is -2.09. The number of amides is 2. The van der Waals surface area contributed by atoms with Gasteiger partial charge in [0, 0.05) is 15.0 Å². The summed E-state index contributed by atoms with van der Waals surface area (Å²) in [5.41, 5.74) is 3.68. The lowest BCUT2D eigenvalue weighted by atomic mass is 10.1. The zero-order chi connectivity index (χ0) is 21.0. The highest BCUT2D eigenvalue weighted by atomic mass is 79.9. The van der Waals surface area contributed by atoms with E-state index in [0.717, 1.165) is 37.5 Å². The van der Waals surface area contributed by atoms with Crippen LogP contribution in [-0.2, 0) is 4.79 Å². The van der Waals surface area contributed by atoms with Crippen LogP contribution >= 0.6 is 27.3 Å². The monoisotopic (exact) mass is 472 g/mol. The summed E-state index contributed by atoms with van der Waals surface area (Å²) in [6.07, 6.45) is 0. The Labute approximate surface area is 182 Å². The Hall–Kier alpha value is -2.64. The van der Waals surface area contributed by atoms with Crippen LogP contribution in [0.15, 0.2) is 53.0 Å². The molecule has 3 aromatic rings. The highest BCUT2D eigenvalue weighted by Crippen LogP contribution is 2.32. The lowest BCUT2D eigenvalue weighted by Crippen LogP contribution is -2.32. The number of hydrogen-bond donors (Lipinski definition) is 2. The highest BCUT2D eigenvalue weighted by molar-refractivity contribution is 9.10. The molecule has 1 aromatic heterocycles. The molecule has 0 spiro atoms. The smallest absolute Gasteiger partial charge is 0.261 e. The summed E-state index contributed by atoms with van der Waals surface area (Å²) < 4.78 is 6.13. The minimum atomic E-state index is -0.271. The molecule has 2 aromatic carbocycles. The number of ether oxygens (including phenoxy) is 1. The third kappa shape index (κ3) is 5.25. The zero-order valence-corrected chi connectivity index (χ0v) is 18.7. The molecule has 29 heavy (non-hydrogen) atoms. The van der Waals surface area contributed by atoms with Crippen molar-refractivity contribution in [1.29, 1.82) is 0 Å². The van der Waals surface area contributed by atoms with Crippen molar-refractivity contribution >= 4 is 44.8 Å². The number of thiophene rings is 1. The summed E-state index contributed by atoms with van der Waals surface area (Å²) in [4.78, 5) is 26.3. The molecular formula is C22H21BrN2O3S. The molecule has 0 saturated heterocycles. The van der Waals surface area contributed by atoms with Gasteiger partial charge in [-0.1, -0.05) is 28.1 Å². The van der Waals surface area contributed by atoms with Gasteiger partial charge < -0.3 is 15.4 Å². The van der Waals surface area contributed by atoms with Gasteiger partial charge in [-0.2, -0.15) is 0 Å². The van der Waals surface area contributed by atoms with E-state index < -0.39 is 0 Å². The first-order chi connectivity index (χ1) is 13.9. The van der Waals surface area contributed by atoms with Crippen LogP contribution in [0.1, 0.15) is 20.1 Å². The Morgan fingerprint density at radius 3 is 2.45 bits per heavy atom. The Morgan fingerprint density at radius 1 is 1.07 bits per heavy atom. The molecule has 0 unspecified atom stereocenters. The van der Waals surface area contributed by atoms with Gasteiger partial charge in [-0.05, 0) is 66.9 Å². The number of aryl methyl sites for hydroxylation is 2. The third-order valence-corrected chi connectivity index (χ3v) is 5.96. The fourth-order valence-corrected chi connectivity index (χ4v) is 4.29. The number of halogens is 1. The molecule has 2 N–H and O–H groups in total.